The molecule has 0 amide bonds. The van der Waals surface area contributed by atoms with Crippen molar-refractivity contribution in [2.24, 2.45) is 0 Å². The number of hydrogen-bond donors (Lipinski definition) is 0. The van der Waals surface area contributed by atoms with E-state index in [1.165, 1.54) is 17.9 Å². The summed E-state index contributed by atoms with van der Waals surface area (Å²) in [6, 6.07) is 12.7. The van der Waals surface area contributed by atoms with Crippen molar-refractivity contribution in [3.63, 3.8) is 0 Å². The minimum atomic E-state index is 0. The smallest absolute Gasteiger partial charge is 0.0493 e. The third kappa shape index (κ3) is 3.62. The predicted octanol–water partition coefficient (Wildman–Crippen LogP) is 2.81. The predicted molar refractivity (Wildman–Crippen MR) is 54.7 cm³/mol. The minimum Gasteiger partial charge on any atom is -0.266 e. The molecule has 0 saturated heterocycles. The standard InChI is InChI=1S/C9H7N2.CH3.ClH.Ir/c1-2-5-9(6-3-1)11-8-4-7-10-11;;;/h1-5,7-8H;1H3;1H;/q2*-1;;+3/p-1. The first-order chi connectivity index (χ1) is 6.47. The first-order valence-corrected chi connectivity index (χ1v) is 6.53. The Hall–Kier alpha value is -0.631. The summed E-state index contributed by atoms with van der Waals surface area (Å²) in [6.45, 7) is 0. The molecule has 0 N–H and O–H groups in total. The molecule has 0 aliphatic carbocycles. The summed E-state index contributed by atoms with van der Waals surface area (Å²) in [7, 11) is 4.64. The molecule has 0 unspecified atom stereocenters. The Morgan fingerprint density at radius 2 is 2.07 bits per heavy atom. The molecule has 2 rings (SSSR count). The van der Waals surface area contributed by atoms with Crippen LogP contribution in [0.1, 0.15) is 0 Å². The largest absolute Gasteiger partial charge is 0.266 e. The molecule has 0 atom stereocenters. The number of para-hydroxylation sites is 1. The Balaban J connectivity index is 0.000000531. The van der Waals surface area contributed by atoms with E-state index < -0.39 is 0 Å². The van der Waals surface area contributed by atoms with Crippen molar-refractivity contribution in [3.05, 3.63) is 56.2 Å². The van der Waals surface area contributed by atoms with Crippen LogP contribution in [0.3, 0.4) is 0 Å². The van der Waals surface area contributed by atoms with Gasteiger partial charge in [0.2, 0.25) is 0 Å². The molecule has 0 aliphatic rings. The van der Waals surface area contributed by atoms with Gasteiger partial charge in [0.05, 0.1) is 0 Å². The van der Waals surface area contributed by atoms with Gasteiger partial charge >= 0.3 is 27.5 Å². The molecular formula is C10H10ClIrN2. The zero-order valence-electron chi connectivity index (χ0n) is 7.65. The maximum Gasteiger partial charge on any atom is 0.0493 e. The summed E-state index contributed by atoms with van der Waals surface area (Å²) >= 11 is 1.47. The number of nitrogens with zero attached hydrogens (tertiary/aromatic N) is 2. The molecule has 2 aromatic rings. The van der Waals surface area contributed by atoms with E-state index in [1.807, 2.05) is 36.5 Å². The molecule has 14 heavy (non-hydrogen) atoms. The van der Waals surface area contributed by atoms with Gasteiger partial charge in [-0.25, -0.2) is 0 Å². The van der Waals surface area contributed by atoms with Gasteiger partial charge < -0.3 is 7.43 Å². The van der Waals surface area contributed by atoms with Crippen LogP contribution >= 0.6 is 9.58 Å². The van der Waals surface area contributed by atoms with E-state index in [-0.39, 0.29) is 7.43 Å². The van der Waals surface area contributed by atoms with Crippen LogP contribution in [0.5, 0.6) is 0 Å². The molecule has 0 bridgehead atoms. The number of halogens is 1. The molecule has 0 radical (unpaired) electrons. The molecule has 0 saturated carbocycles. The molecule has 1 aromatic carbocycles. The van der Waals surface area contributed by atoms with Crippen LogP contribution < -0.4 is 0 Å². The summed E-state index contributed by atoms with van der Waals surface area (Å²) in [5.74, 6) is 0. The number of hydrogen-bond acceptors (Lipinski definition) is 1. The first kappa shape index (κ1) is 13.4. The van der Waals surface area contributed by atoms with Crippen LogP contribution in [0.2, 0.25) is 0 Å². The van der Waals surface area contributed by atoms with E-state index in [0.29, 0.717) is 0 Å². The van der Waals surface area contributed by atoms with E-state index in [0.717, 1.165) is 5.69 Å². The fourth-order valence-corrected chi connectivity index (χ4v) is 0.938. The van der Waals surface area contributed by atoms with Crippen molar-refractivity contribution in [3.8, 4) is 5.69 Å². The van der Waals surface area contributed by atoms with Crippen LogP contribution in [-0.4, -0.2) is 9.78 Å². The molecule has 0 spiro atoms. The van der Waals surface area contributed by atoms with Crippen molar-refractivity contribution in [2.75, 3.05) is 0 Å². The summed E-state index contributed by atoms with van der Waals surface area (Å²) in [6.07, 6.45) is 3.65. The number of rotatable bonds is 1. The van der Waals surface area contributed by atoms with Crippen LogP contribution in [0.4, 0.5) is 0 Å². The van der Waals surface area contributed by atoms with E-state index in [4.69, 9.17) is 0 Å². The molecule has 4 heteroatoms. The quantitative estimate of drug-likeness (QED) is 0.690. The maximum absolute atomic E-state index is 4.64. The Labute approximate surface area is 99.1 Å². The van der Waals surface area contributed by atoms with E-state index in [2.05, 4.69) is 20.7 Å². The van der Waals surface area contributed by atoms with Crippen LogP contribution in [0.15, 0.2) is 42.7 Å². The van der Waals surface area contributed by atoms with Crippen LogP contribution in [-0.2, 0) is 17.9 Å². The number of aromatic nitrogens is 2. The van der Waals surface area contributed by atoms with Crippen LogP contribution in [0, 0.1) is 13.5 Å². The van der Waals surface area contributed by atoms with Crippen molar-refractivity contribution in [1.82, 2.24) is 9.78 Å². The van der Waals surface area contributed by atoms with Crippen molar-refractivity contribution >= 4 is 9.58 Å². The molecule has 0 fully saturated rings. The topological polar surface area (TPSA) is 17.8 Å². The van der Waals surface area contributed by atoms with Gasteiger partial charge in [-0.3, -0.25) is 4.68 Å². The fraction of sp³-hybridized carbons (Fsp3) is 0. The summed E-state index contributed by atoms with van der Waals surface area (Å²) in [4.78, 5) is 0. The maximum atomic E-state index is 4.64. The summed E-state index contributed by atoms with van der Waals surface area (Å²) in [5, 5.41) is 4.07. The second-order valence-electron chi connectivity index (χ2n) is 2.20. The molecule has 76 valence electrons. The average Bonchev–Trinajstić information content (AvgIpc) is 2.75. The Morgan fingerprint density at radius 3 is 2.57 bits per heavy atom. The van der Waals surface area contributed by atoms with Gasteiger partial charge in [-0.05, 0) is 11.8 Å². The van der Waals surface area contributed by atoms with Gasteiger partial charge in [0.1, 0.15) is 0 Å². The Kier molecular flexibility index (Phi) is 7.39. The monoisotopic (exact) mass is 386 g/mol. The fourth-order valence-electron chi connectivity index (χ4n) is 0.938. The van der Waals surface area contributed by atoms with Crippen molar-refractivity contribution < 1.29 is 17.9 Å². The van der Waals surface area contributed by atoms with Gasteiger partial charge in [0.25, 0.3) is 0 Å². The van der Waals surface area contributed by atoms with Gasteiger partial charge in [0.15, 0.2) is 0 Å². The zero-order chi connectivity index (χ0) is 9.52. The Bertz CT molecular complexity index is 321. The second-order valence-corrected chi connectivity index (χ2v) is 2.20. The number of benzene rings is 1. The van der Waals surface area contributed by atoms with Crippen LogP contribution in [0.25, 0.3) is 5.69 Å². The van der Waals surface area contributed by atoms with Gasteiger partial charge in [-0.2, -0.15) is 29.4 Å². The van der Waals surface area contributed by atoms with Gasteiger partial charge in [-0.15, -0.1) is 6.07 Å². The molecule has 1 heterocycles. The third-order valence-electron chi connectivity index (χ3n) is 1.44. The molecular weight excluding hydrogens is 376 g/mol. The minimum absolute atomic E-state index is 0. The van der Waals surface area contributed by atoms with E-state index >= 15 is 0 Å². The average molecular weight is 386 g/mol. The second kappa shape index (κ2) is 7.74. The first-order valence-electron chi connectivity index (χ1n) is 3.56. The SMILES string of the molecule is [CH3-].[Cl][Ir+2].[c-]1ccccc1-n1cccn1. The van der Waals surface area contributed by atoms with E-state index in [9.17, 15) is 0 Å². The summed E-state index contributed by atoms with van der Waals surface area (Å²) < 4.78 is 1.78. The molecule has 2 nitrogen and oxygen atoms in total. The van der Waals surface area contributed by atoms with Gasteiger partial charge in [0, 0.05) is 12.4 Å². The molecule has 0 aliphatic heterocycles. The summed E-state index contributed by atoms with van der Waals surface area (Å²) in [5.41, 5.74) is 0.970. The zero-order valence-corrected chi connectivity index (χ0v) is 10.8. The molecule has 1 aromatic heterocycles. The van der Waals surface area contributed by atoms with Gasteiger partial charge in [-0.1, -0.05) is 0 Å². The third-order valence-corrected chi connectivity index (χ3v) is 1.44. The normalized spacial score (nSPS) is 8.14. The Morgan fingerprint density at radius 1 is 1.29 bits per heavy atom. The van der Waals surface area contributed by atoms with Crippen molar-refractivity contribution in [1.29, 1.82) is 0 Å². The van der Waals surface area contributed by atoms with E-state index in [1.54, 1.807) is 10.9 Å². The van der Waals surface area contributed by atoms with Crippen molar-refractivity contribution in [2.45, 2.75) is 0 Å².